The Morgan fingerprint density at radius 3 is 1.53 bits per heavy atom. The predicted molar refractivity (Wildman–Crippen MR) is 312 cm³/mol. The van der Waals surface area contributed by atoms with E-state index in [-0.39, 0.29) is 58.6 Å². The second kappa shape index (κ2) is 25.6. The van der Waals surface area contributed by atoms with Gasteiger partial charge in [-0.3, -0.25) is 28.8 Å². The van der Waals surface area contributed by atoms with E-state index in [1.807, 2.05) is 102 Å². The molecule has 6 heterocycles. The molecule has 6 aromatic rings. The minimum absolute atomic E-state index is 0.146. The highest BCUT2D eigenvalue weighted by Crippen LogP contribution is 2.41. The Morgan fingerprint density at radius 1 is 0.642 bits per heavy atom. The van der Waals surface area contributed by atoms with E-state index in [1.165, 1.54) is 0 Å². The van der Waals surface area contributed by atoms with Gasteiger partial charge >= 0.3 is 0 Å². The van der Waals surface area contributed by atoms with Crippen molar-refractivity contribution in [3.8, 4) is 22.6 Å². The molecule has 6 amide bonds. The molecule has 2 aliphatic rings. The molecule has 4 aromatic heterocycles. The van der Waals surface area contributed by atoms with Crippen LogP contribution in [0.25, 0.3) is 44.5 Å². The number of hydrogen-bond acceptors (Lipinski definition) is 12. The summed E-state index contributed by atoms with van der Waals surface area (Å²) in [6, 6.07) is 12.0. The van der Waals surface area contributed by atoms with Crippen molar-refractivity contribution in [2.75, 3.05) is 47.3 Å². The van der Waals surface area contributed by atoms with Gasteiger partial charge in [0.1, 0.15) is 24.2 Å². The zero-order chi connectivity index (χ0) is 58.3. The first-order chi connectivity index (χ1) is 38.6. The number of nitrogens with one attached hydrogen (secondary N) is 7. The zero-order valence-electron chi connectivity index (χ0n) is 49.1. The Balaban J connectivity index is 0.871. The van der Waals surface area contributed by atoms with Crippen LogP contribution in [-0.2, 0) is 19.2 Å². The fourth-order valence-corrected chi connectivity index (χ4v) is 11.3. The maximum atomic E-state index is 14.6. The van der Waals surface area contributed by atoms with E-state index in [4.69, 9.17) is 18.8 Å². The van der Waals surface area contributed by atoms with E-state index in [0.29, 0.717) is 74.5 Å². The molecule has 0 radical (unpaired) electrons. The molecule has 81 heavy (non-hydrogen) atoms. The maximum Gasteiger partial charge on any atom is 0.273 e. The zero-order valence-corrected chi connectivity index (χ0v) is 49.1. The third kappa shape index (κ3) is 13.2. The lowest BCUT2D eigenvalue weighted by molar-refractivity contribution is -0.150. The van der Waals surface area contributed by atoms with Crippen LogP contribution in [0.3, 0.4) is 0 Å². The fraction of sp³-hybridized carbons (Fsp3) is 0.541. The van der Waals surface area contributed by atoms with Gasteiger partial charge in [0, 0.05) is 78.6 Å². The lowest BCUT2D eigenvalue weighted by atomic mass is 9.84. The van der Waals surface area contributed by atoms with E-state index in [9.17, 15) is 28.8 Å². The summed E-state index contributed by atoms with van der Waals surface area (Å²) in [6.45, 7) is 16.9. The van der Waals surface area contributed by atoms with E-state index < -0.39 is 47.1 Å². The maximum absolute atomic E-state index is 14.6. The van der Waals surface area contributed by atoms with Crippen LogP contribution >= 0.6 is 0 Å². The monoisotopic (exact) mass is 1110 g/mol. The highest BCUT2D eigenvalue weighted by Gasteiger charge is 2.46. The lowest BCUT2D eigenvalue weighted by Crippen LogP contribution is -2.57. The lowest BCUT2D eigenvalue weighted by Gasteiger charge is -2.40. The van der Waals surface area contributed by atoms with Crippen LogP contribution in [-0.4, -0.2) is 142 Å². The van der Waals surface area contributed by atoms with Crippen molar-refractivity contribution in [1.29, 1.82) is 0 Å². The number of aromatic nitrogens is 4. The standard InChI is InChI=1S/C61H84N12O8/c1-36(62-9)52(74)70-50(60(3,4)5)58(78)72-32-22-28-44(72)55-68-46(48(80-55)40-34-66-42-26-18-16-24-38(40)42)53(75)64-30-20-14-12-13-15-21-31-65-54(76)47-49(41-35-67-43-27-19-17-25-39(41)43)81-56(69-47)45-29-23-33-73(45)59(79)51(61(6,7)8)71(11)57(77)37(2)63-10/h16-19,24-27,34-37,44-45,50-51,62-63,66-67H,12-15,20-23,28-33H2,1-11H3,(H,64,75)(H,65,76)(H,70,74)/t36-,37-,44-,45-,50+,51+/m0/s1. The van der Waals surface area contributed by atoms with Crippen molar-refractivity contribution in [1.82, 2.24) is 61.2 Å². The third-order valence-corrected chi connectivity index (χ3v) is 16.0. The Hall–Kier alpha value is -7.32. The minimum Gasteiger partial charge on any atom is -0.437 e. The van der Waals surface area contributed by atoms with Crippen molar-refractivity contribution in [2.24, 2.45) is 10.8 Å². The first kappa shape index (κ1) is 59.8. The van der Waals surface area contributed by atoms with Crippen LogP contribution in [0.4, 0.5) is 0 Å². The minimum atomic E-state index is -0.803. The fourth-order valence-electron chi connectivity index (χ4n) is 11.3. The number of fused-ring (bicyclic) bond motifs is 2. The molecule has 0 spiro atoms. The van der Waals surface area contributed by atoms with Crippen molar-refractivity contribution < 1.29 is 37.6 Å². The molecule has 2 aromatic carbocycles. The van der Waals surface area contributed by atoms with Crippen molar-refractivity contribution in [3.05, 3.63) is 84.1 Å². The summed E-state index contributed by atoms with van der Waals surface area (Å²) in [5, 5.41) is 16.8. The number of para-hydroxylation sites is 2. The smallest absolute Gasteiger partial charge is 0.273 e. The second-order valence-electron chi connectivity index (χ2n) is 24.0. The predicted octanol–water partition coefficient (Wildman–Crippen LogP) is 8.41. The largest absolute Gasteiger partial charge is 0.437 e. The molecule has 8 rings (SSSR count). The number of unbranched alkanes of at least 4 members (excludes halogenated alkanes) is 5. The number of rotatable bonds is 23. The van der Waals surface area contributed by atoms with Gasteiger partial charge in [0.05, 0.1) is 12.1 Å². The number of carbonyl (C=O) groups excluding carboxylic acids is 6. The summed E-state index contributed by atoms with van der Waals surface area (Å²) in [6.07, 6.45) is 11.3. The molecule has 20 nitrogen and oxygen atoms in total. The molecule has 6 atom stereocenters. The quantitative estimate of drug-likeness (QED) is 0.0299. The van der Waals surface area contributed by atoms with Gasteiger partial charge < -0.3 is 60.1 Å². The van der Waals surface area contributed by atoms with Crippen molar-refractivity contribution in [3.63, 3.8) is 0 Å². The van der Waals surface area contributed by atoms with E-state index >= 15 is 0 Å². The number of benzene rings is 2. The van der Waals surface area contributed by atoms with Crippen LogP contribution in [0.1, 0.15) is 164 Å². The van der Waals surface area contributed by atoms with Gasteiger partial charge in [-0.05, 0) is 89.4 Å². The number of H-pyrrole nitrogens is 2. The van der Waals surface area contributed by atoms with Crippen molar-refractivity contribution >= 4 is 57.2 Å². The SMILES string of the molecule is CN[C@@H](C)C(=O)N[C@H](C(=O)N1CCC[C@H]1c1nc(C(=O)NCCCCCCCCNC(=O)c2nc([C@@H]3CCCN3C(=O)[C@@H](N(C)C(=O)[C@H](C)NC)C(C)(C)C)oc2-c2c[nH]c3ccccc23)c(-c2c[nH]c3ccccc23)o1)C(C)(C)C. The Labute approximate surface area is 475 Å². The number of likely N-dealkylation sites (N-methyl/N-ethyl adjacent to an activating group) is 3. The third-order valence-electron chi connectivity index (χ3n) is 16.0. The number of amides is 6. The molecule has 7 N–H and O–H groups in total. The highest BCUT2D eigenvalue weighted by molar-refractivity contribution is 6.04. The Bertz CT molecular complexity index is 3190. The molecule has 2 aliphatic heterocycles. The topological polar surface area (TPSA) is 256 Å². The van der Waals surface area contributed by atoms with E-state index in [0.717, 1.165) is 60.3 Å². The van der Waals surface area contributed by atoms with Gasteiger partial charge in [0.15, 0.2) is 22.9 Å². The molecule has 0 bridgehead atoms. The number of nitrogens with zero attached hydrogens (tertiary/aromatic N) is 5. The normalized spacial score (nSPS) is 17.3. The first-order valence-corrected chi connectivity index (χ1v) is 28.9. The van der Waals surface area contributed by atoms with Gasteiger partial charge in [-0.25, -0.2) is 9.97 Å². The molecular formula is C61H84N12O8. The number of aromatic amines is 2. The van der Waals surface area contributed by atoms with E-state index in [2.05, 4.69) is 36.6 Å². The highest BCUT2D eigenvalue weighted by atomic mass is 16.4. The van der Waals surface area contributed by atoms with Crippen molar-refractivity contribution in [2.45, 2.75) is 156 Å². The average Bonchev–Trinajstić information content (AvgIpc) is 4.39. The van der Waals surface area contributed by atoms with Gasteiger partial charge in [0.25, 0.3) is 11.8 Å². The summed E-state index contributed by atoms with van der Waals surface area (Å²) in [5.74, 6) is -0.408. The molecule has 0 unspecified atom stereocenters. The number of oxazole rings is 2. The molecule has 0 saturated carbocycles. The number of carbonyl (C=O) groups is 6. The van der Waals surface area contributed by atoms with Gasteiger partial charge in [-0.15, -0.1) is 0 Å². The van der Waals surface area contributed by atoms with Crippen LogP contribution < -0.4 is 26.6 Å². The van der Waals surface area contributed by atoms with Gasteiger partial charge in [-0.1, -0.05) is 104 Å². The molecule has 2 saturated heterocycles. The number of hydrogen-bond donors (Lipinski definition) is 7. The second-order valence-corrected chi connectivity index (χ2v) is 24.0. The molecule has 2 fully saturated rings. The Morgan fingerprint density at radius 2 is 1.09 bits per heavy atom. The van der Waals surface area contributed by atoms with Crippen LogP contribution in [0.5, 0.6) is 0 Å². The summed E-state index contributed by atoms with van der Waals surface area (Å²) in [4.78, 5) is 105. The number of likely N-dealkylation sites (tertiary alicyclic amines) is 2. The van der Waals surface area contributed by atoms with Crippen LogP contribution in [0.15, 0.2) is 69.8 Å². The van der Waals surface area contributed by atoms with Gasteiger partial charge in [-0.2, -0.15) is 0 Å². The first-order valence-electron chi connectivity index (χ1n) is 28.9. The average molecular weight is 1110 g/mol. The van der Waals surface area contributed by atoms with Gasteiger partial charge in [0.2, 0.25) is 35.4 Å². The molecule has 20 heteroatoms. The summed E-state index contributed by atoms with van der Waals surface area (Å²) >= 11 is 0. The summed E-state index contributed by atoms with van der Waals surface area (Å²) in [5.41, 5.74) is 2.27. The van der Waals surface area contributed by atoms with Crippen LogP contribution in [0.2, 0.25) is 0 Å². The molecular weight excluding hydrogens is 1030 g/mol. The summed E-state index contributed by atoms with van der Waals surface area (Å²) in [7, 11) is 5.10. The van der Waals surface area contributed by atoms with Crippen LogP contribution in [0, 0.1) is 10.8 Å². The Kier molecular flexibility index (Phi) is 18.9. The summed E-state index contributed by atoms with van der Waals surface area (Å²) < 4.78 is 13.1. The molecule has 436 valence electrons. The molecule has 0 aliphatic carbocycles. The van der Waals surface area contributed by atoms with E-state index in [1.54, 1.807) is 49.7 Å².